The minimum Gasteiger partial charge on any atom is -0.409 e. The fraction of sp³-hybridized carbons (Fsp3) is 0.500. The Morgan fingerprint density at radius 1 is 1.50 bits per heavy atom. The number of ether oxygens (including phenoxy) is 1. The lowest BCUT2D eigenvalue weighted by Gasteiger charge is -2.32. The van der Waals surface area contributed by atoms with E-state index in [0.717, 1.165) is 31.6 Å². The first-order chi connectivity index (χ1) is 8.74. The molecule has 0 spiro atoms. The first kappa shape index (κ1) is 12.6. The van der Waals surface area contributed by atoms with Crippen molar-refractivity contribution in [2.75, 3.05) is 25.1 Å². The quantitative estimate of drug-likeness (QED) is 0.358. The summed E-state index contributed by atoms with van der Waals surface area (Å²) in [6.45, 7) is 1.92. The maximum Gasteiger partial charge on any atom is 0.188 e. The number of piperidine rings is 1. The molecule has 1 saturated heterocycles. The zero-order valence-electron chi connectivity index (χ0n) is 10.4. The van der Waals surface area contributed by atoms with Gasteiger partial charge in [-0.05, 0) is 25.0 Å². The lowest BCUT2D eigenvalue weighted by molar-refractivity contribution is 0.0819. The fourth-order valence-corrected chi connectivity index (χ4v) is 2.13. The highest BCUT2D eigenvalue weighted by atomic mass is 16.5. The molecule has 0 bridgehead atoms. The van der Waals surface area contributed by atoms with Crippen LogP contribution in [0, 0.1) is 0 Å². The number of nitrogens with zero attached hydrogens (tertiary/aromatic N) is 3. The molecular weight excluding hydrogens is 232 g/mol. The van der Waals surface area contributed by atoms with Crippen LogP contribution in [0.3, 0.4) is 0 Å². The molecule has 0 atom stereocenters. The van der Waals surface area contributed by atoms with Crippen molar-refractivity contribution in [1.29, 1.82) is 0 Å². The summed E-state index contributed by atoms with van der Waals surface area (Å²) in [7, 11) is 1.76. The van der Waals surface area contributed by atoms with Gasteiger partial charge in [0, 0.05) is 20.2 Å². The molecule has 0 aliphatic carbocycles. The van der Waals surface area contributed by atoms with Gasteiger partial charge >= 0.3 is 0 Å². The zero-order valence-corrected chi connectivity index (χ0v) is 10.4. The number of anilines is 1. The van der Waals surface area contributed by atoms with Crippen LogP contribution in [0.1, 0.15) is 18.5 Å². The van der Waals surface area contributed by atoms with Gasteiger partial charge in [0.2, 0.25) is 0 Å². The van der Waals surface area contributed by atoms with Gasteiger partial charge in [-0.2, -0.15) is 0 Å². The molecule has 3 N–H and O–H groups in total. The van der Waals surface area contributed by atoms with Crippen LogP contribution < -0.4 is 10.6 Å². The third-order valence-electron chi connectivity index (χ3n) is 3.26. The van der Waals surface area contributed by atoms with Gasteiger partial charge in [0.1, 0.15) is 5.69 Å². The van der Waals surface area contributed by atoms with E-state index in [1.807, 2.05) is 6.07 Å². The van der Waals surface area contributed by atoms with E-state index in [-0.39, 0.29) is 5.84 Å². The number of hydrogen-bond acceptors (Lipinski definition) is 5. The summed E-state index contributed by atoms with van der Waals surface area (Å²) in [6, 6.07) is 3.69. The minimum atomic E-state index is 0.0274. The Morgan fingerprint density at radius 3 is 2.72 bits per heavy atom. The minimum absolute atomic E-state index is 0.0274. The van der Waals surface area contributed by atoms with Crippen molar-refractivity contribution in [3.05, 3.63) is 24.0 Å². The molecule has 1 aliphatic rings. The van der Waals surface area contributed by atoms with Crippen LogP contribution in [0.5, 0.6) is 0 Å². The van der Waals surface area contributed by atoms with E-state index in [1.165, 1.54) is 0 Å². The highest BCUT2D eigenvalue weighted by Crippen LogP contribution is 2.20. The van der Waals surface area contributed by atoms with Crippen LogP contribution in [-0.4, -0.2) is 42.3 Å². The lowest BCUT2D eigenvalue weighted by Crippen LogP contribution is -2.36. The van der Waals surface area contributed by atoms with E-state index in [0.29, 0.717) is 11.8 Å². The van der Waals surface area contributed by atoms with Crippen LogP contribution in [-0.2, 0) is 4.74 Å². The zero-order chi connectivity index (χ0) is 13.0. The highest BCUT2D eigenvalue weighted by molar-refractivity contribution is 5.95. The molecule has 0 radical (unpaired) electrons. The van der Waals surface area contributed by atoms with Gasteiger partial charge in [-0.25, -0.2) is 0 Å². The maximum absolute atomic E-state index is 8.56. The number of nitrogens with two attached hydrogens (primary N) is 1. The Morgan fingerprint density at radius 2 is 2.22 bits per heavy atom. The van der Waals surface area contributed by atoms with E-state index >= 15 is 0 Å². The van der Waals surface area contributed by atoms with Crippen molar-refractivity contribution < 1.29 is 9.94 Å². The molecule has 1 aromatic heterocycles. The molecule has 0 amide bonds. The van der Waals surface area contributed by atoms with Crippen molar-refractivity contribution in [2.24, 2.45) is 10.9 Å². The Labute approximate surface area is 106 Å². The molecule has 0 aromatic carbocycles. The summed E-state index contributed by atoms with van der Waals surface area (Å²) < 4.78 is 5.34. The van der Waals surface area contributed by atoms with Gasteiger partial charge in [-0.15, -0.1) is 0 Å². The number of hydrogen-bond donors (Lipinski definition) is 2. The molecule has 1 aromatic rings. The van der Waals surface area contributed by atoms with Gasteiger partial charge in [-0.1, -0.05) is 5.16 Å². The van der Waals surface area contributed by atoms with E-state index in [4.69, 9.17) is 15.7 Å². The summed E-state index contributed by atoms with van der Waals surface area (Å²) in [5.41, 5.74) is 7.00. The molecule has 1 fully saturated rings. The molecule has 98 valence electrons. The lowest BCUT2D eigenvalue weighted by atomic mass is 10.1. The third-order valence-corrected chi connectivity index (χ3v) is 3.26. The van der Waals surface area contributed by atoms with E-state index in [2.05, 4.69) is 15.0 Å². The second-order valence-electron chi connectivity index (χ2n) is 4.31. The molecule has 6 nitrogen and oxygen atoms in total. The highest BCUT2D eigenvalue weighted by Gasteiger charge is 2.19. The Balaban J connectivity index is 2.02. The second-order valence-corrected chi connectivity index (χ2v) is 4.31. The topological polar surface area (TPSA) is 84.0 Å². The van der Waals surface area contributed by atoms with E-state index < -0.39 is 0 Å². The van der Waals surface area contributed by atoms with Gasteiger partial charge < -0.3 is 20.6 Å². The first-order valence-electron chi connectivity index (χ1n) is 5.96. The summed E-state index contributed by atoms with van der Waals surface area (Å²) in [5, 5.41) is 11.5. The van der Waals surface area contributed by atoms with Crippen LogP contribution in [0.2, 0.25) is 0 Å². The van der Waals surface area contributed by atoms with Gasteiger partial charge in [0.25, 0.3) is 0 Å². The molecule has 0 saturated carbocycles. The van der Waals surface area contributed by atoms with Gasteiger partial charge in [0.15, 0.2) is 5.84 Å². The van der Waals surface area contributed by atoms with Crippen LogP contribution >= 0.6 is 0 Å². The number of aromatic nitrogens is 1. The smallest absolute Gasteiger partial charge is 0.188 e. The molecule has 18 heavy (non-hydrogen) atoms. The average molecular weight is 250 g/mol. The van der Waals surface area contributed by atoms with Gasteiger partial charge in [-0.3, -0.25) is 4.98 Å². The predicted molar refractivity (Wildman–Crippen MR) is 69.0 cm³/mol. The number of oxime groups is 1. The van der Waals surface area contributed by atoms with Crippen molar-refractivity contribution >= 4 is 11.5 Å². The van der Waals surface area contributed by atoms with E-state index in [9.17, 15) is 0 Å². The Bertz CT molecular complexity index is 411. The third kappa shape index (κ3) is 2.70. The predicted octanol–water partition coefficient (Wildman–Crippen LogP) is 0.791. The summed E-state index contributed by atoms with van der Waals surface area (Å²) in [4.78, 5) is 6.44. The molecular formula is C12H18N4O2. The number of amidine groups is 1. The van der Waals surface area contributed by atoms with Crippen LogP contribution in [0.15, 0.2) is 23.5 Å². The Kier molecular flexibility index (Phi) is 3.99. The van der Waals surface area contributed by atoms with Crippen LogP contribution in [0.25, 0.3) is 0 Å². The normalized spacial score (nSPS) is 18.1. The summed E-state index contributed by atoms with van der Waals surface area (Å²) in [6.07, 6.45) is 4.17. The molecule has 2 rings (SSSR count). The second kappa shape index (κ2) is 5.68. The van der Waals surface area contributed by atoms with Crippen molar-refractivity contribution in [3.8, 4) is 0 Å². The standard InChI is InChI=1S/C12H18N4O2/c1-18-10-4-6-16(7-5-10)9-2-3-11(14-8-9)12(13)15-17/h2-3,8,10,17H,4-7H2,1H3,(H2,13,15). The van der Waals surface area contributed by atoms with Crippen molar-refractivity contribution in [2.45, 2.75) is 18.9 Å². The van der Waals surface area contributed by atoms with Crippen molar-refractivity contribution in [3.63, 3.8) is 0 Å². The first-order valence-corrected chi connectivity index (χ1v) is 5.96. The molecule has 2 heterocycles. The van der Waals surface area contributed by atoms with Crippen LogP contribution in [0.4, 0.5) is 5.69 Å². The Hall–Kier alpha value is -1.82. The molecule has 6 heteroatoms. The largest absolute Gasteiger partial charge is 0.409 e. The SMILES string of the molecule is COC1CCN(c2ccc(/C(N)=N/O)nc2)CC1. The number of pyridine rings is 1. The summed E-state index contributed by atoms with van der Waals surface area (Å²) >= 11 is 0. The van der Waals surface area contributed by atoms with Gasteiger partial charge in [0.05, 0.1) is 18.0 Å². The number of rotatable bonds is 3. The fourth-order valence-electron chi connectivity index (χ4n) is 2.13. The maximum atomic E-state index is 8.56. The average Bonchev–Trinajstić information content (AvgIpc) is 2.47. The molecule has 0 unspecified atom stereocenters. The van der Waals surface area contributed by atoms with E-state index in [1.54, 1.807) is 19.4 Å². The molecule has 1 aliphatic heterocycles. The number of methoxy groups -OCH3 is 1. The summed E-state index contributed by atoms with van der Waals surface area (Å²) in [5.74, 6) is 0.0274. The monoisotopic (exact) mass is 250 g/mol. The van der Waals surface area contributed by atoms with Crippen molar-refractivity contribution in [1.82, 2.24) is 4.98 Å².